The van der Waals surface area contributed by atoms with Gasteiger partial charge in [-0.1, -0.05) is 23.7 Å². The molecule has 1 heterocycles. The van der Waals surface area contributed by atoms with Crippen molar-refractivity contribution in [3.8, 4) is 16.9 Å². The highest BCUT2D eigenvalue weighted by molar-refractivity contribution is 6.30. The maximum absolute atomic E-state index is 12.9. The van der Waals surface area contributed by atoms with Crippen LogP contribution in [0.5, 0.6) is 0 Å². The van der Waals surface area contributed by atoms with E-state index in [0.29, 0.717) is 28.5 Å². The van der Waals surface area contributed by atoms with Gasteiger partial charge in [0.2, 0.25) is 0 Å². The Morgan fingerprint density at radius 1 is 0.970 bits per heavy atom. The molecular formula is C24H17ClF3N3O2. The molecular weight excluding hydrogens is 455 g/mol. The monoisotopic (exact) mass is 471 g/mol. The molecule has 168 valence electrons. The number of hydrogen-bond donors (Lipinski definition) is 2. The Labute approximate surface area is 192 Å². The van der Waals surface area contributed by atoms with Gasteiger partial charge in [-0.05, 0) is 60.7 Å². The Morgan fingerprint density at radius 3 is 2.18 bits per heavy atom. The first-order chi connectivity index (χ1) is 15.7. The molecule has 9 heteroatoms. The summed E-state index contributed by atoms with van der Waals surface area (Å²) in [5.41, 5.74) is 2.71. The third-order valence-corrected chi connectivity index (χ3v) is 5.23. The number of alkyl halides is 3. The Morgan fingerprint density at radius 2 is 1.61 bits per heavy atom. The van der Waals surface area contributed by atoms with E-state index >= 15 is 0 Å². The van der Waals surface area contributed by atoms with Crippen LogP contribution in [0, 0.1) is 0 Å². The van der Waals surface area contributed by atoms with E-state index in [9.17, 15) is 18.0 Å². The maximum atomic E-state index is 12.9. The van der Waals surface area contributed by atoms with Crippen LogP contribution in [0.25, 0.3) is 16.9 Å². The molecule has 4 rings (SSSR count). The van der Waals surface area contributed by atoms with Crippen molar-refractivity contribution in [2.45, 2.75) is 12.7 Å². The van der Waals surface area contributed by atoms with Gasteiger partial charge in [0.15, 0.2) is 0 Å². The number of anilines is 1. The topological polar surface area (TPSA) is 67.1 Å². The van der Waals surface area contributed by atoms with Crippen molar-refractivity contribution < 1.29 is 23.1 Å². The first-order valence-electron chi connectivity index (χ1n) is 9.80. The Bertz CT molecular complexity index is 1270. The summed E-state index contributed by atoms with van der Waals surface area (Å²) in [7, 11) is 0. The number of hydrogen-bond acceptors (Lipinski definition) is 3. The predicted octanol–water partition coefficient (Wildman–Crippen LogP) is 6.52. The molecule has 0 saturated heterocycles. The van der Waals surface area contributed by atoms with Gasteiger partial charge in [0.1, 0.15) is 0 Å². The summed E-state index contributed by atoms with van der Waals surface area (Å²) >= 11 is 5.93. The van der Waals surface area contributed by atoms with Crippen molar-refractivity contribution in [3.05, 3.63) is 101 Å². The summed E-state index contributed by atoms with van der Waals surface area (Å²) in [5.74, 6) is -1.04. The van der Waals surface area contributed by atoms with E-state index in [1.807, 2.05) is 12.1 Å². The fraction of sp³-hybridized carbons (Fsp3) is 0.0833. The molecule has 5 nitrogen and oxygen atoms in total. The lowest BCUT2D eigenvalue weighted by Crippen LogP contribution is -2.05. The Kier molecular flexibility index (Phi) is 6.11. The van der Waals surface area contributed by atoms with Crippen molar-refractivity contribution in [3.63, 3.8) is 0 Å². The van der Waals surface area contributed by atoms with Crippen LogP contribution >= 0.6 is 11.6 Å². The molecule has 0 radical (unpaired) electrons. The molecule has 0 aliphatic carbocycles. The fourth-order valence-electron chi connectivity index (χ4n) is 3.25. The number of carboxylic acids is 1. The van der Waals surface area contributed by atoms with Crippen molar-refractivity contribution in [2.75, 3.05) is 5.32 Å². The Hall–Kier alpha value is -3.78. The van der Waals surface area contributed by atoms with E-state index < -0.39 is 17.7 Å². The lowest BCUT2D eigenvalue weighted by atomic mass is 10.1. The van der Waals surface area contributed by atoms with Gasteiger partial charge in [-0.3, -0.25) is 0 Å². The van der Waals surface area contributed by atoms with E-state index in [1.54, 1.807) is 30.5 Å². The molecule has 0 atom stereocenters. The van der Waals surface area contributed by atoms with Crippen molar-refractivity contribution in [1.29, 1.82) is 0 Å². The maximum Gasteiger partial charge on any atom is 0.416 e. The lowest BCUT2D eigenvalue weighted by Gasteiger charge is -2.07. The van der Waals surface area contributed by atoms with Crippen LogP contribution in [-0.4, -0.2) is 20.9 Å². The van der Waals surface area contributed by atoms with Crippen molar-refractivity contribution in [2.24, 2.45) is 0 Å². The van der Waals surface area contributed by atoms with Gasteiger partial charge in [0.05, 0.1) is 22.5 Å². The van der Waals surface area contributed by atoms with Crippen LogP contribution in [-0.2, 0) is 12.7 Å². The molecule has 33 heavy (non-hydrogen) atoms. The van der Waals surface area contributed by atoms with E-state index in [0.717, 1.165) is 23.4 Å². The van der Waals surface area contributed by atoms with Crippen LogP contribution in [0.15, 0.2) is 79.0 Å². The summed E-state index contributed by atoms with van der Waals surface area (Å²) in [6.45, 7) is 0.373. The van der Waals surface area contributed by atoms with Crippen molar-refractivity contribution >= 4 is 23.3 Å². The van der Waals surface area contributed by atoms with E-state index in [-0.39, 0.29) is 5.56 Å². The zero-order valence-electron chi connectivity index (χ0n) is 17.0. The van der Waals surface area contributed by atoms with Crippen LogP contribution in [0.2, 0.25) is 5.02 Å². The second-order valence-electron chi connectivity index (χ2n) is 7.24. The number of carboxylic acid groups (broad SMARTS) is 1. The van der Waals surface area contributed by atoms with E-state index in [4.69, 9.17) is 16.7 Å². The van der Waals surface area contributed by atoms with Gasteiger partial charge in [-0.15, -0.1) is 0 Å². The molecule has 0 fully saturated rings. The largest absolute Gasteiger partial charge is 0.478 e. The molecule has 0 unspecified atom stereocenters. The molecule has 2 N–H and O–H groups in total. The number of aromatic nitrogens is 2. The molecule has 0 aliphatic heterocycles. The molecule has 0 saturated carbocycles. The number of rotatable bonds is 6. The minimum atomic E-state index is -4.42. The number of benzene rings is 3. The number of nitrogens with zero attached hydrogens (tertiary/aromatic N) is 2. The normalized spacial score (nSPS) is 11.4. The van der Waals surface area contributed by atoms with Gasteiger partial charge in [0, 0.05) is 34.6 Å². The molecule has 3 aromatic carbocycles. The van der Waals surface area contributed by atoms with Gasteiger partial charge in [-0.2, -0.15) is 18.3 Å². The second kappa shape index (κ2) is 8.99. The van der Waals surface area contributed by atoms with Crippen LogP contribution in [0.3, 0.4) is 0 Å². The third-order valence-electron chi connectivity index (χ3n) is 4.98. The molecule has 0 amide bonds. The first-order valence-corrected chi connectivity index (χ1v) is 10.2. The van der Waals surface area contributed by atoms with E-state index in [1.165, 1.54) is 28.9 Å². The van der Waals surface area contributed by atoms with Crippen LogP contribution in [0.1, 0.15) is 21.5 Å². The minimum absolute atomic E-state index is 0.141. The van der Waals surface area contributed by atoms with Gasteiger partial charge in [0.25, 0.3) is 0 Å². The average Bonchev–Trinajstić information content (AvgIpc) is 3.22. The lowest BCUT2D eigenvalue weighted by molar-refractivity contribution is -0.137. The SMILES string of the molecule is O=C(O)c1ccc(-c2nn(-c3ccc(C(F)(F)F)cc3)cc2CNc2ccc(Cl)cc2)cc1. The highest BCUT2D eigenvalue weighted by Crippen LogP contribution is 2.30. The first kappa shape index (κ1) is 22.4. The summed E-state index contributed by atoms with van der Waals surface area (Å²) in [5, 5.41) is 17.6. The molecule has 0 spiro atoms. The molecule has 0 bridgehead atoms. The molecule has 0 aliphatic rings. The number of aromatic carboxylic acids is 1. The van der Waals surface area contributed by atoms with Crippen LogP contribution in [0.4, 0.5) is 18.9 Å². The van der Waals surface area contributed by atoms with Gasteiger partial charge >= 0.3 is 12.1 Å². The summed E-state index contributed by atoms with van der Waals surface area (Å²) in [4.78, 5) is 11.2. The molecule has 1 aromatic heterocycles. The van der Waals surface area contributed by atoms with Crippen molar-refractivity contribution in [1.82, 2.24) is 9.78 Å². The summed E-state index contributed by atoms with van der Waals surface area (Å²) in [6, 6.07) is 18.1. The Balaban J connectivity index is 1.69. The number of halogens is 4. The third kappa shape index (κ3) is 5.18. The van der Waals surface area contributed by atoms with Gasteiger partial charge < -0.3 is 10.4 Å². The average molecular weight is 472 g/mol. The fourth-order valence-corrected chi connectivity index (χ4v) is 3.38. The number of nitrogens with one attached hydrogen (secondary N) is 1. The zero-order valence-corrected chi connectivity index (χ0v) is 17.7. The standard InChI is InChI=1S/C24H17ClF3N3O2/c25-19-7-9-20(10-8-19)29-13-17-14-31(21-11-5-18(6-12-21)24(26,27)28)30-22(17)15-1-3-16(4-2-15)23(32)33/h1-12,14,29H,13H2,(H,32,33). The zero-order chi connectivity index (χ0) is 23.6. The number of carbonyl (C=O) groups is 1. The summed E-state index contributed by atoms with van der Waals surface area (Å²) < 4.78 is 40.2. The molecule has 4 aromatic rings. The quantitative estimate of drug-likeness (QED) is 0.336. The predicted molar refractivity (Wildman–Crippen MR) is 120 cm³/mol. The van der Waals surface area contributed by atoms with Crippen LogP contribution < -0.4 is 5.32 Å². The second-order valence-corrected chi connectivity index (χ2v) is 7.67. The summed E-state index contributed by atoms with van der Waals surface area (Å²) in [6.07, 6.45) is -2.70. The smallest absolute Gasteiger partial charge is 0.416 e. The highest BCUT2D eigenvalue weighted by Gasteiger charge is 2.30. The van der Waals surface area contributed by atoms with E-state index in [2.05, 4.69) is 10.4 Å². The van der Waals surface area contributed by atoms with Gasteiger partial charge in [-0.25, -0.2) is 9.48 Å². The highest BCUT2D eigenvalue weighted by atomic mass is 35.5. The minimum Gasteiger partial charge on any atom is -0.478 e.